The van der Waals surface area contributed by atoms with E-state index in [4.69, 9.17) is 4.74 Å². The first-order valence-electron chi connectivity index (χ1n) is 7.99. The minimum Gasteiger partial charge on any atom is -0.618 e. The van der Waals surface area contributed by atoms with Crippen molar-refractivity contribution < 1.29 is 14.3 Å². The molecule has 0 radical (unpaired) electrons. The molecule has 7 nitrogen and oxygen atoms in total. The molecule has 0 aromatic carbocycles. The summed E-state index contributed by atoms with van der Waals surface area (Å²) in [7, 11) is 0. The van der Waals surface area contributed by atoms with E-state index in [-0.39, 0.29) is 17.1 Å². The molecule has 0 unspecified atom stereocenters. The molecule has 0 aliphatic heterocycles. The van der Waals surface area contributed by atoms with Crippen LogP contribution in [0.2, 0.25) is 0 Å². The molecule has 4 rings (SSSR count). The molecule has 1 N–H and O–H groups in total. The molecule has 0 saturated heterocycles. The lowest BCUT2D eigenvalue weighted by molar-refractivity contribution is -0.608. The molecule has 0 saturated carbocycles. The molecule has 0 fully saturated rings. The molecule has 4 aromatic heterocycles. The van der Waals surface area contributed by atoms with Gasteiger partial charge < -0.3 is 14.9 Å². The van der Waals surface area contributed by atoms with E-state index in [1.165, 1.54) is 29.7 Å². The second kappa shape index (κ2) is 6.93. The van der Waals surface area contributed by atoms with E-state index < -0.39 is 12.1 Å². The quantitative estimate of drug-likeness (QED) is 0.323. The Kier molecular flexibility index (Phi) is 4.46. The van der Waals surface area contributed by atoms with Gasteiger partial charge in [-0.15, -0.1) is 22.7 Å². The first kappa shape index (κ1) is 17.4. The Morgan fingerprint density at radius 3 is 2.89 bits per heavy atom. The summed E-state index contributed by atoms with van der Waals surface area (Å²) in [5.41, 5.74) is 0.414. The van der Waals surface area contributed by atoms with Crippen LogP contribution in [0, 0.1) is 5.21 Å². The van der Waals surface area contributed by atoms with Gasteiger partial charge in [0.25, 0.3) is 5.56 Å². The van der Waals surface area contributed by atoms with Crippen LogP contribution in [-0.2, 0) is 4.74 Å². The number of ether oxygens (including phenoxy) is 1. The summed E-state index contributed by atoms with van der Waals surface area (Å²) in [6.45, 7) is 1.59. The van der Waals surface area contributed by atoms with Gasteiger partial charge in [0.05, 0.1) is 5.39 Å². The first-order valence-corrected chi connectivity index (χ1v) is 9.75. The molecule has 136 valence electrons. The fraction of sp³-hybridized carbons (Fsp3) is 0.111. The van der Waals surface area contributed by atoms with Crippen LogP contribution in [0.15, 0.2) is 52.1 Å². The molecule has 1 atom stereocenters. The molecular formula is C18H13N3O4S2. The van der Waals surface area contributed by atoms with E-state index >= 15 is 0 Å². The summed E-state index contributed by atoms with van der Waals surface area (Å²) in [5, 5.41) is 16.0. The largest absolute Gasteiger partial charge is 0.618 e. The zero-order chi connectivity index (χ0) is 19.0. The number of thiophene rings is 2. The van der Waals surface area contributed by atoms with Crippen LogP contribution in [0.3, 0.4) is 0 Å². The normalized spacial score (nSPS) is 12.2. The predicted octanol–water partition coefficient (Wildman–Crippen LogP) is 3.26. The van der Waals surface area contributed by atoms with Crippen LogP contribution >= 0.6 is 22.7 Å². The fourth-order valence-corrected chi connectivity index (χ4v) is 4.40. The molecule has 4 aromatic rings. The lowest BCUT2D eigenvalue weighted by Crippen LogP contribution is -2.35. The number of H-pyrrole nitrogens is 1. The van der Waals surface area contributed by atoms with Crippen molar-refractivity contribution in [2.75, 3.05) is 0 Å². The Bertz CT molecular complexity index is 1180. The number of esters is 1. The second-order valence-corrected chi connectivity index (χ2v) is 7.52. The van der Waals surface area contributed by atoms with Crippen LogP contribution < -0.4 is 10.3 Å². The zero-order valence-electron chi connectivity index (χ0n) is 14.0. The number of carbonyl (C=O) groups excluding carboxylic acids is 1. The fourth-order valence-electron chi connectivity index (χ4n) is 2.63. The SMILES string of the molecule is C[C@@H](OC(=O)c1cccc[n+]1[O-])c1nc2scc(-c3cccs3)c2c(=O)[nH]1. The Morgan fingerprint density at radius 2 is 2.15 bits per heavy atom. The molecule has 9 heteroatoms. The van der Waals surface area contributed by atoms with Crippen LogP contribution in [0.25, 0.3) is 20.7 Å². The molecule has 0 aliphatic carbocycles. The summed E-state index contributed by atoms with van der Waals surface area (Å²) in [6, 6.07) is 8.32. The molecule has 0 bridgehead atoms. The van der Waals surface area contributed by atoms with Crippen molar-refractivity contribution in [1.29, 1.82) is 0 Å². The lowest BCUT2D eigenvalue weighted by atomic mass is 10.2. The van der Waals surface area contributed by atoms with Gasteiger partial charge in [0.2, 0.25) is 0 Å². The first-order chi connectivity index (χ1) is 13.0. The van der Waals surface area contributed by atoms with Gasteiger partial charge in [-0.1, -0.05) is 6.07 Å². The van der Waals surface area contributed by atoms with Gasteiger partial charge in [-0.3, -0.25) is 4.79 Å². The van der Waals surface area contributed by atoms with Crippen molar-refractivity contribution in [3.8, 4) is 10.4 Å². The Morgan fingerprint density at radius 1 is 1.30 bits per heavy atom. The molecular weight excluding hydrogens is 386 g/mol. The summed E-state index contributed by atoms with van der Waals surface area (Å²) >= 11 is 2.90. The number of pyridine rings is 1. The van der Waals surface area contributed by atoms with Crippen molar-refractivity contribution in [3.63, 3.8) is 0 Å². The molecule has 27 heavy (non-hydrogen) atoms. The van der Waals surface area contributed by atoms with Gasteiger partial charge in [0.1, 0.15) is 4.83 Å². The molecule has 0 spiro atoms. The van der Waals surface area contributed by atoms with Crippen molar-refractivity contribution in [1.82, 2.24) is 9.97 Å². The average Bonchev–Trinajstić information content (AvgIpc) is 3.31. The summed E-state index contributed by atoms with van der Waals surface area (Å²) in [5.74, 6) is -0.555. The highest BCUT2D eigenvalue weighted by Crippen LogP contribution is 2.33. The Hall–Kier alpha value is -3.04. The zero-order valence-corrected chi connectivity index (χ0v) is 15.7. The third-order valence-electron chi connectivity index (χ3n) is 3.95. The van der Waals surface area contributed by atoms with E-state index in [1.807, 2.05) is 22.9 Å². The number of carbonyl (C=O) groups is 1. The van der Waals surface area contributed by atoms with Crippen molar-refractivity contribution in [2.24, 2.45) is 0 Å². The summed E-state index contributed by atoms with van der Waals surface area (Å²) in [4.78, 5) is 33.5. The van der Waals surface area contributed by atoms with Gasteiger partial charge in [0, 0.05) is 28.0 Å². The number of nitrogens with zero attached hydrogens (tertiary/aromatic N) is 2. The van der Waals surface area contributed by atoms with Gasteiger partial charge >= 0.3 is 11.7 Å². The number of fused-ring (bicyclic) bond motifs is 1. The van der Waals surface area contributed by atoms with Crippen LogP contribution in [-0.4, -0.2) is 15.9 Å². The van der Waals surface area contributed by atoms with Crippen LogP contribution in [0.4, 0.5) is 0 Å². The lowest BCUT2D eigenvalue weighted by Gasteiger charge is -2.12. The minimum absolute atomic E-state index is 0.135. The maximum absolute atomic E-state index is 12.6. The molecule has 4 heterocycles. The second-order valence-electron chi connectivity index (χ2n) is 5.72. The number of aromatic nitrogens is 3. The predicted molar refractivity (Wildman–Crippen MR) is 103 cm³/mol. The molecule has 0 amide bonds. The van der Waals surface area contributed by atoms with Crippen molar-refractivity contribution in [2.45, 2.75) is 13.0 Å². The number of aromatic amines is 1. The topological polar surface area (TPSA) is 99.0 Å². The third kappa shape index (κ3) is 3.22. The van der Waals surface area contributed by atoms with Gasteiger partial charge in [-0.25, -0.2) is 9.78 Å². The van der Waals surface area contributed by atoms with Crippen LogP contribution in [0.5, 0.6) is 0 Å². The minimum atomic E-state index is -0.818. The summed E-state index contributed by atoms with van der Waals surface area (Å²) in [6.07, 6.45) is 0.396. The van der Waals surface area contributed by atoms with Gasteiger partial charge in [-0.05, 0) is 24.4 Å². The maximum Gasteiger partial charge on any atom is 0.405 e. The number of hydrogen-bond donors (Lipinski definition) is 1. The monoisotopic (exact) mass is 399 g/mol. The average molecular weight is 399 g/mol. The number of hydrogen-bond acceptors (Lipinski definition) is 7. The van der Waals surface area contributed by atoms with Gasteiger partial charge in [-0.2, -0.15) is 4.73 Å². The van der Waals surface area contributed by atoms with E-state index in [2.05, 4.69) is 9.97 Å². The molecule has 0 aliphatic rings. The highest BCUT2D eigenvalue weighted by molar-refractivity contribution is 7.18. The highest BCUT2D eigenvalue weighted by Gasteiger charge is 2.23. The van der Waals surface area contributed by atoms with Crippen molar-refractivity contribution in [3.05, 3.63) is 74.4 Å². The summed E-state index contributed by atoms with van der Waals surface area (Å²) < 4.78 is 5.73. The maximum atomic E-state index is 12.6. The standard InChI is InChI=1S/C18H13N3O4S2/c1-10(25-18(23)12-5-2-3-7-21(12)24)15-19-16(22)14-11(9-27-17(14)20-15)13-6-4-8-26-13/h2-10H,1H3,(H,19,20,22)/t10-/m1/s1. The van der Waals surface area contributed by atoms with Crippen molar-refractivity contribution >= 4 is 38.9 Å². The smallest absolute Gasteiger partial charge is 0.405 e. The van der Waals surface area contributed by atoms with Gasteiger partial charge in [0.15, 0.2) is 18.1 Å². The van der Waals surface area contributed by atoms with E-state index in [0.29, 0.717) is 14.9 Å². The Balaban J connectivity index is 1.65. The third-order valence-corrected chi connectivity index (χ3v) is 5.73. The van der Waals surface area contributed by atoms with E-state index in [1.54, 1.807) is 24.3 Å². The van der Waals surface area contributed by atoms with E-state index in [9.17, 15) is 14.8 Å². The van der Waals surface area contributed by atoms with E-state index in [0.717, 1.165) is 10.4 Å². The Labute approximate surface area is 161 Å². The van der Waals surface area contributed by atoms with Crippen LogP contribution in [0.1, 0.15) is 29.3 Å². The number of rotatable bonds is 4. The highest BCUT2D eigenvalue weighted by atomic mass is 32.1. The number of nitrogens with one attached hydrogen (secondary N) is 1.